The fourth-order valence-corrected chi connectivity index (χ4v) is 12.4. The van der Waals surface area contributed by atoms with Crippen LogP contribution < -0.4 is 0 Å². The fourth-order valence-electron chi connectivity index (χ4n) is 3.29. The predicted octanol–water partition coefficient (Wildman–Crippen LogP) is 7.79. The molecule has 0 radical (unpaired) electrons. The van der Waals surface area contributed by atoms with Crippen molar-refractivity contribution in [2.45, 2.75) is 66.2 Å². The molecule has 184 valence electrons. The number of thiophene rings is 3. The molecule has 4 rings (SSSR count). The Kier molecular flexibility index (Phi) is 6.84. The summed E-state index contributed by atoms with van der Waals surface area (Å²) < 4.78 is 49.5. The lowest BCUT2D eigenvalue weighted by Gasteiger charge is -2.23. The minimum atomic E-state index is -3.37. The van der Waals surface area contributed by atoms with Crippen LogP contribution in [0.15, 0.2) is 46.7 Å². The van der Waals surface area contributed by atoms with Crippen molar-refractivity contribution in [3.8, 4) is 19.5 Å². The van der Waals surface area contributed by atoms with Gasteiger partial charge in [0.1, 0.15) is 8.79 Å². The first-order valence-corrected chi connectivity index (χ1v) is 17.1. The monoisotopic (exact) mass is 572 g/mol. The summed E-state index contributed by atoms with van der Waals surface area (Å²) in [6.07, 6.45) is 2.57. The number of hydrogen-bond donors (Lipinski definition) is 0. The van der Waals surface area contributed by atoms with Crippen molar-refractivity contribution in [3.63, 3.8) is 0 Å². The summed E-state index contributed by atoms with van der Waals surface area (Å²) in [5.41, 5.74) is 0. The predicted molar refractivity (Wildman–Crippen MR) is 151 cm³/mol. The first-order valence-electron chi connectivity index (χ1n) is 10.8. The van der Waals surface area contributed by atoms with Crippen LogP contribution in [-0.4, -0.2) is 30.9 Å². The van der Waals surface area contributed by atoms with Crippen LogP contribution in [0.25, 0.3) is 24.4 Å². The van der Waals surface area contributed by atoms with Gasteiger partial charge >= 0.3 is 0 Å². The van der Waals surface area contributed by atoms with Crippen LogP contribution in [-0.2, 0) is 19.7 Å². The van der Waals surface area contributed by atoms with E-state index in [1.165, 1.54) is 23.1 Å². The Hall–Kier alpha value is -0.910. The second-order valence-corrected chi connectivity index (χ2v) is 20.7. The molecule has 0 fully saturated rings. The van der Waals surface area contributed by atoms with Gasteiger partial charge in [-0.05, 0) is 84.4 Å². The number of thioether (sulfide) groups is 1. The Morgan fingerprint density at radius 2 is 1.15 bits per heavy atom. The Bertz CT molecular complexity index is 1450. The van der Waals surface area contributed by atoms with Gasteiger partial charge in [0, 0.05) is 29.3 Å². The highest BCUT2D eigenvalue weighted by Crippen LogP contribution is 2.48. The molecule has 4 nitrogen and oxygen atoms in total. The Morgan fingerprint density at radius 1 is 0.676 bits per heavy atom. The standard InChI is InChI=1S/C24H28O4S6/c1-23(2,3)33(25,26)21-13-11-19(31-21)17-9-7-15(29-17)16-8-10-18(30-16)20-12-14-22(32-20)34(27,28)24(4,5)6/h7-13,22H,14H2,1-6H3. The van der Waals surface area contributed by atoms with Crippen molar-refractivity contribution in [3.05, 3.63) is 47.4 Å². The van der Waals surface area contributed by atoms with E-state index < -0.39 is 33.8 Å². The van der Waals surface area contributed by atoms with E-state index in [1.54, 1.807) is 70.3 Å². The third-order valence-corrected chi connectivity index (χ3v) is 17.1. The maximum atomic E-state index is 12.8. The molecule has 4 heterocycles. The van der Waals surface area contributed by atoms with Crippen molar-refractivity contribution in [2.75, 3.05) is 0 Å². The maximum Gasteiger partial charge on any atom is 0.192 e. The van der Waals surface area contributed by atoms with E-state index in [-0.39, 0.29) is 0 Å². The third-order valence-electron chi connectivity index (χ3n) is 5.55. The van der Waals surface area contributed by atoms with Crippen LogP contribution in [0.4, 0.5) is 0 Å². The van der Waals surface area contributed by atoms with E-state index in [1.807, 2.05) is 18.2 Å². The maximum absolute atomic E-state index is 12.8. The van der Waals surface area contributed by atoms with Crippen LogP contribution in [0.3, 0.4) is 0 Å². The molecule has 1 aliphatic rings. The SMILES string of the molecule is CC(C)(C)S(=O)(=O)c1ccc(-c2ccc(-c3ccc(C4=CCC(S(=O)(=O)C(C)(C)C)S4)s3)s2)s1. The fraction of sp³-hybridized carbons (Fsp3) is 0.417. The largest absolute Gasteiger partial charge is 0.227 e. The van der Waals surface area contributed by atoms with E-state index in [2.05, 4.69) is 18.2 Å². The molecule has 0 spiro atoms. The van der Waals surface area contributed by atoms with Crippen molar-refractivity contribution < 1.29 is 16.8 Å². The van der Waals surface area contributed by atoms with Gasteiger partial charge in [0.05, 0.1) is 9.49 Å². The van der Waals surface area contributed by atoms with Gasteiger partial charge in [0.2, 0.25) is 0 Å². The van der Waals surface area contributed by atoms with Crippen molar-refractivity contribution in [2.24, 2.45) is 0 Å². The highest BCUT2D eigenvalue weighted by atomic mass is 32.3. The lowest BCUT2D eigenvalue weighted by atomic mass is 10.3. The summed E-state index contributed by atoms with van der Waals surface area (Å²) >= 11 is 6.06. The minimum Gasteiger partial charge on any atom is -0.227 e. The number of hydrogen-bond acceptors (Lipinski definition) is 8. The Labute approximate surface area is 219 Å². The van der Waals surface area contributed by atoms with Crippen molar-refractivity contribution in [1.29, 1.82) is 0 Å². The average Bonchev–Trinajstić information content (AvgIpc) is 3.52. The second kappa shape index (κ2) is 8.88. The van der Waals surface area contributed by atoms with Crippen LogP contribution in [0.2, 0.25) is 0 Å². The van der Waals surface area contributed by atoms with E-state index in [4.69, 9.17) is 0 Å². The van der Waals surface area contributed by atoms with E-state index >= 15 is 0 Å². The minimum absolute atomic E-state index is 0.397. The number of rotatable bonds is 5. The summed E-state index contributed by atoms with van der Waals surface area (Å²) in [6, 6.07) is 11.8. The molecule has 0 saturated carbocycles. The molecule has 1 atom stereocenters. The summed E-state index contributed by atoms with van der Waals surface area (Å²) in [7, 11) is -6.60. The molecule has 1 unspecified atom stereocenters. The van der Waals surface area contributed by atoms with E-state index in [9.17, 15) is 16.8 Å². The van der Waals surface area contributed by atoms with Gasteiger partial charge < -0.3 is 0 Å². The number of allylic oxidation sites excluding steroid dienone is 1. The van der Waals surface area contributed by atoms with Gasteiger partial charge in [-0.3, -0.25) is 0 Å². The smallest absolute Gasteiger partial charge is 0.192 e. The van der Waals surface area contributed by atoms with Crippen LogP contribution in [0, 0.1) is 0 Å². The quantitative estimate of drug-likeness (QED) is 0.312. The topological polar surface area (TPSA) is 68.3 Å². The molecule has 0 aromatic carbocycles. The summed E-state index contributed by atoms with van der Waals surface area (Å²) in [5.74, 6) is 0. The molecule has 10 heteroatoms. The Balaban J connectivity index is 1.52. The highest BCUT2D eigenvalue weighted by molar-refractivity contribution is 8.19. The zero-order valence-electron chi connectivity index (χ0n) is 19.9. The van der Waals surface area contributed by atoms with E-state index in [0.29, 0.717) is 10.6 Å². The molecule has 34 heavy (non-hydrogen) atoms. The molecular weight excluding hydrogens is 545 g/mol. The molecule has 0 aliphatic carbocycles. The summed E-state index contributed by atoms with van der Waals surface area (Å²) in [6.45, 7) is 10.4. The van der Waals surface area contributed by atoms with Gasteiger partial charge in [-0.2, -0.15) is 0 Å². The lowest BCUT2D eigenvalue weighted by Crippen LogP contribution is -2.34. The summed E-state index contributed by atoms with van der Waals surface area (Å²) in [4.78, 5) is 6.32. The summed E-state index contributed by atoms with van der Waals surface area (Å²) in [5, 5.41) is 0. The van der Waals surface area contributed by atoms with Gasteiger partial charge in [0.25, 0.3) is 0 Å². The van der Waals surface area contributed by atoms with Crippen molar-refractivity contribution in [1.82, 2.24) is 0 Å². The molecule has 1 aliphatic heterocycles. The zero-order valence-corrected chi connectivity index (χ0v) is 24.8. The van der Waals surface area contributed by atoms with Crippen LogP contribution in [0.5, 0.6) is 0 Å². The van der Waals surface area contributed by atoms with Gasteiger partial charge in [0.15, 0.2) is 19.7 Å². The molecular formula is C24H28O4S6. The average molecular weight is 573 g/mol. The molecule has 0 amide bonds. The zero-order chi connectivity index (χ0) is 25.1. The van der Waals surface area contributed by atoms with Crippen LogP contribution in [0.1, 0.15) is 52.8 Å². The highest BCUT2D eigenvalue weighted by Gasteiger charge is 2.40. The lowest BCUT2D eigenvalue weighted by molar-refractivity contribution is 0.557. The first kappa shape index (κ1) is 26.2. The molecule has 0 saturated heterocycles. The normalized spacial score (nSPS) is 17.8. The van der Waals surface area contributed by atoms with Crippen molar-refractivity contribution >= 4 is 70.4 Å². The van der Waals surface area contributed by atoms with Gasteiger partial charge in [-0.25, -0.2) is 16.8 Å². The van der Waals surface area contributed by atoms with Crippen LogP contribution >= 0.6 is 45.8 Å². The molecule has 0 bridgehead atoms. The van der Waals surface area contributed by atoms with Gasteiger partial charge in [-0.1, -0.05) is 6.08 Å². The Morgan fingerprint density at radius 3 is 1.68 bits per heavy atom. The van der Waals surface area contributed by atoms with E-state index in [0.717, 1.165) is 29.3 Å². The molecule has 0 N–H and O–H groups in total. The van der Waals surface area contributed by atoms with Gasteiger partial charge in [-0.15, -0.1) is 45.8 Å². The third kappa shape index (κ3) is 4.74. The molecule has 3 aromatic rings. The number of sulfone groups is 2. The molecule has 3 aromatic heterocycles. The first-order chi connectivity index (χ1) is 15.6. The second-order valence-electron chi connectivity index (χ2n) is 10.1.